The molecular weight excluding hydrogens is 398 g/mol. The minimum absolute atomic E-state index is 0.133. The maximum atomic E-state index is 12.8. The molecule has 0 saturated carbocycles. The Labute approximate surface area is 173 Å². The third-order valence-corrected chi connectivity index (χ3v) is 6.06. The zero-order valence-electron chi connectivity index (χ0n) is 15.3. The number of hydrogen-bond acceptors (Lipinski definition) is 4. The van der Waals surface area contributed by atoms with Crippen molar-refractivity contribution >= 4 is 58.6 Å². The van der Waals surface area contributed by atoms with E-state index in [1.807, 2.05) is 43.7 Å². The second-order valence-electron chi connectivity index (χ2n) is 5.64. The summed E-state index contributed by atoms with van der Waals surface area (Å²) < 4.78 is 0.667. The summed E-state index contributed by atoms with van der Waals surface area (Å²) in [5.41, 5.74) is 2.77. The molecule has 6 heteroatoms. The van der Waals surface area contributed by atoms with Crippen LogP contribution < -0.4 is 5.32 Å². The van der Waals surface area contributed by atoms with Crippen molar-refractivity contribution in [3.05, 3.63) is 80.6 Å². The Hall–Kier alpha value is -1.95. The van der Waals surface area contributed by atoms with E-state index < -0.39 is 5.91 Å². The summed E-state index contributed by atoms with van der Waals surface area (Å²) in [5.74, 6) is -0.768. The number of carbonyl (C=O) groups excluding carboxylic acids is 2. The van der Waals surface area contributed by atoms with Gasteiger partial charge in [-0.15, -0.1) is 23.5 Å². The summed E-state index contributed by atoms with van der Waals surface area (Å²) in [6.45, 7) is 2.00. The molecule has 2 rings (SSSR count). The average Bonchev–Trinajstić information content (AvgIpc) is 2.67. The summed E-state index contributed by atoms with van der Waals surface area (Å²) in [7, 11) is 0. The molecule has 0 saturated heterocycles. The van der Waals surface area contributed by atoms with Gasteiger partial charge in [0.15, 0.2) is 5.78 Å². The van der Waals surface area contributed by atoms with Crippen LogP contribution in [-0.2, 0) is 9.59 Å². The molecule has 0 aliphatic rings. The molecule has 0 aliphatic heterocycles. The monoisotopic (exact) mass is 417 g/mol. The SMILES string of the molecule is CSC(SC)=C(C(=O)/C=C/c1ccc(C)cc1)C(=O)Nc1ccc(Cl)cc1. The molecule has 0 atom stereocenters. The second-order valence-corrected chi connectivity index (χ2v) is 7.97. The Bertz CT molecular complexity index is 866. The molecular formula is C21H20ClNO2S2. The first kappa shape index (κ1) is 21.4. The van der Waals surface area contributed by atoms with E-state index in [9.17, 15) is 9.59 Å². The molecule has 3 nitrogen and oxygen atoms in total. The van der Waals surface area contributed by atoms with Crippen LogP contribution >= 0.6 is 35.1 Å². The lowest BCUT2D eigenvalue weighted by Gasteiger charge is -2.10. The Morgan fingerprint density at radius 2 is 1.56 bits per heavy atom. The minimum atomic E-state index is -0.436. The molecule has 140 valence electrons. The van der Waals surface area contributed by atoms with Gasteiger partial charge in [-0.2, -0.15) is 0 Å². The van der Waals surface area contributed by atoms with E-state index in [-0.39, 0.29) is 11.4 Å². The average molecular weight is 418 g/mol. The van der Waals surface area contributed by atoms with Crippen LogP contribution in [0, 0.1) is 6.92 Å². The number of rotatable bonds is 7. The predicted molar refractivity (Wildman–Crippen MR) is 119 cm³/mol. The predicted octanol–water partition coefficient (Wildman–Crippen LogP) is 5.81. The number of aryl methyl sites for hydroxylation is 1. The number of ketones is 1. The van der Waals surface area contributed by atoms with Crippen LogP contribution in [0.1, 0.15) is 11.1 Å². The van der Waals surface area contributed by atoms with Crippen LogP contribution in [0.15, 0.2) is 64.4 Å². The summed E-state index contributed by atoms with van der Waals surface area (Å²) in [5, 5.41) is 3.35. The van der Waals surface area contributed by atoms with Crippen LogP contribution in [-0.4, -0.2) is 24.2 Å². The van der Waals surface area contributed by atoms with Gasteiger partial charge in [0.05, 0.1) is 4.24 Å². The molecule has 0 fully saturated rings. The van der Waals surface area contributed by atoms with Gasteiger partial charge in [0.2, 0.25) is 0 Å². The van der Waals surface area contributed by atoms with Gasteiger partial charge in [-0.25, -0.2) is 0 Å². The maximum absolute atomic E-state index is 12.8. The van der Waals surface area contributed by atoms with Crippen molar-refractivity contribution in [3.8, 4) is 0 Å². The fraction of sp³-hybridized carbons (Fsp3) is 0.143. The Morgan fingerprint density at radius 3 is 2.11 bits per heavy atom. The van der Waals surface area contributed by atoms with E-state index in [4.69, 9.17) is 11.6 Å². The first-order valence-corrected chi connectivity index (χ1v) is 11.0. The second kappa shape index (κ2) is 10.4. The standard InChI is InChI=1S/C21H20ClNO2S2/c1-14-4-6-15(7-5-14)8-13-18(24)19(21(26-2)27-3)20(25)23-17-11-9-16(22)10-12-17/h4-13H,1-3H3,(H,23,25)/b13-8+. The van der Waals surface area contributed by atoms with Gasteiger partial charge in [0.25, 0.3) is 5.91 Å². The highest BCUT2D eigenvalue weighted by molar-refractivity contribution is 8.21. The van der Waals surface area contributed by atoms with Crippen LogP contribution in [0.25, 0.3) is 6.08 Å². The van der Waals surface area contributed by atoms with Crippen molar-refractivity contribution in [1.29, 1.82) is 0 Å². The number of amides is 1. The van der Waals surface area contributed by atoms with Crippen molar-refractivity contribution in [2.75, 3.05) is 17.8 Å². The molecule has 0 bridgehead atoms. The van der Waals surface area contributed by atoms with Gasteiger partial charge in [-0.05, 0) is 55.3 Å². The number of thioether (sulfide) groups is 2. The zero-order chi connectivity index (χ0) is 19.8. The van der Waals surface area contributed by atoms with Crippen LogP contribution in [0.3, 0.4) is 0 Å². The van der Waals surface area contributed by atoms with Gasteiger partial charge >= 0.3 is 0 Å². The highest BCUT2D eigenvalue weighted by Crippen LogP contribution is 2.29. The first-order valence-electron chi connectivity index (χ1n) is 8.13. The smallest absolute Gasteiger partial charge is 0.261 e. The normalized spacial score (nSPS) is 10.7. The lowest BCUT2D eigenvalue weighted by molar-refractivity contribution is -0.117. The van der Waals surface area contributed by atoms with E-state index in [0.29, 0.717) is 14.9 Å². The van der Waals surface area contributed by atoms with Crippen LogP contribution in [0.5, 0.6) is 0 Å². The Kier molecular flexibility index (Phi) is 8.23. The van der Waals surface area contributed by atoms with Gasteiger partial charge in [-0.1, -0.05) is 47.5 Å². The van der Waals surface area contributed by atoms with E-state index >= 15 is 0 Å². The molecule has 0 aromatic heterocycles. The van der Waals surface area contributed by atoms with Crippen LogP contribution in [0.4, 0.5) is 5.69 Å². The number of benzene rings is 2. The molecule has 0 radical (unpaired) electrons. The highest BCUT2D eigenvalue weighted by atomic mass is 35.5. The van der Waals surface area contributed by atoms with Crippen molar-refractivity contribution in [2.45, 2.75) is 6.92 Å². The van der Waals surface area contributed by atoms with E-state index in [0.717, 1.165) is 11.1 Å². The maximum Gasteiger partial charge on any atom is 0.261 e. The molecule has 0 spiro atoms. The third kappa shape index (κ3) is 6.31. The molecule has 0 unspecified atom stereocenters. The molecule has 0 heterocycles. The third-order valence-electron chi connectivity index (χ3n) is 3.65. The molecule has 1 N–H and O–H groups in total. The van der Waals surface area contributed by atoms with Crippen molar-refractivity contribution in [1.82, 2.24) is 0 Å². The zero-order valence-corrected chi connectivity index (χ0v) is 17.7. The van der Waals surface area contributed by atoms with E-state index in [1.165, 1.54) is 29.6 Å². The van der Waals surface area contributed by atoms with E-state index in [1.54, 1.807) is 30.3 Å². The van der Waals surface area contributed by atoms with E-state index in [2.05, 4.69) is 5.32 Å². The summed E-state index contributed by atoms with van der Waals surface area (Å²) in [6, 6.07) is 14.6. The van der Waals surface area contributed by atoms with Crippen molar-refractivity contribution in [3.63, 3.8) is 0 Å². The minimum Gasteiger partial charge on any atom is -0.322 e. The van der Waals surface area contributed by atoms with Gasteiger partial charge in [-0.3, -0.25) is 9.59 Å². The first-order chi connectivity index (χ1) is 12.9. The lowest BCUT2D eigenvalue weighted by atomic mass is 10.1. The molecule has 2 aromatic rings. The largest absolute Gasteiger partial charge is 0.322 e. The van der Waals surface area contributed by atoms with Crippen LogP contribution in [0.2, 0.25) is 5.02 Å². The summed E-state index contributed by atoms with van der Waals surface area (Å²) >= 11 is 8.63. The molecule has 2 aromatic carbocycles. The molecule has 27 heavy (non-hydrogen) atoms. The number of hydrogen-bond donors (Lipinski definition) is 1. The number of allylic oxidation sites excluding steroid dienone is 1. The fourth-order valence-corrected chi connectivity index (χ4v) is 3.84. The van der Waals surface area contributed by atoms with Gasteiger partial charge < -0.3 is 5.32 Å². The number of nitrogens with one attached hydrogen (secondary N) is 1. The molecule has 0 aliphatic carbocycles. The van der Waals surface area contributed by atoms with Crippen molar-refractivity contribution in [2.24, 2.45) is 0 Å². The lowest BCUT2D eigenvalue weighted by Crippen LogP contribution is -2.20. The van der Waals surface area contributed by atoms with Crippen molar-refractivity contribution < 1.29 is 9.59 Å². The van der Waals surface area contributed by atoms with Gasteiger partial charge in [0, 0.05) is 10.7 Å². The summed E-state index contributed by atoms with van der Waals surface area (Å²) in [4.78, 5) is 25.5. The number of carbonyl (C=O) groups is 2. The van der Waals surface area contributed by atoms with Gasteiger partial charge in [0.1, 0.15) is 5.57 Å². The topological polar surface area (TPSA) is 46.2 Å². The highest BCUT2D eigenvalue weighted by Gasteiger charge is 2.21. The fourth-order valence-electron chi connectivity index (χ4n) is 2.25. The Morgan fingerprint density at radius 1 is 0.963 bits per heavy atom. The Balaban J connectivity index is 2.26. The molecule has 1 amide bonds. The quantitative estimate of drug-likeness (QED) is 0.351. The summed E-state index contributed by atoms with van der Waals surface area (Å²) in [6.07, 6.45) is 6.85. The number of halogens is 1. The number of anilines is 1.